The van der Waals surface area contributed by atoms with Crippen LogP contribution in [0, 0.1) is 12.7 Å². The lowest BCUT2D eigenvalue weighted by atomic mass is 10.0. The van der Waals surface area contributed by atoms with Crippen LogP contribution in [0.2, 0.25) is 0 Å². The zero-order chi connectivity index (χ0) is 15.0. The molecule has 4 heteroatoms. The average molecular weight is 285 g/mol. The monoisotopic (exact) mass is 285 g/mol. The van der Waals surface area contributed by atoms with Gasteiger partial charge in [0.1, 0.15) is 5.82 Å². The molecule has 21 heavy (non-hydrogen) atoms. The van der Waals surface area contributed by atoms with Crippen molar-refractivity contribution in [3.05, 3.63) is 64.5 Å². The van der Waals surface area contributed by atoms with E-state index >= 15 is 0 Å². The first kappa shape index (κ1) is 13.6. The molecule has 0 bridgehead atoms. The molecule has 0 fully saturated rings. The second-order valence-corrected chi connectivity index (χ2v) is 5.44. The molecule has 0 heterocycles. The fraction of sp³-hybridized carbons (Fsp3) is 0.235. The number of carboxylic acid groups (broad SMARTS) is 1. The third-order valence-electron chi connectivity index (χ3n) is 3.92. The minimum atomic E-state index is -1.05. The predicted octanol–water partition coefficient (Wildman–Crippen LogP) is 3.93. The maximum absolute atomic E-state index is 13.9. The van der Waals surface area contributed by atoms with Gasteiger partial charge in [0.25, 0.3) is 0 Å². The van der Waals surface area contributed by atoms with Crippen molar-refractivity contribution in [3.63, 3.8) is 0 Å². The Morgan fingerprint density at radius 2 is 2.10 bits per heavy atom. The molecule has 0 aromatic heterocycles. The summed E-state index contributed by atoms with van der Waals surface area (Å²) in [6, 6.07) is 10.1. The maximum Gasteiger partial charge on any atom is 0.335 e. The Hall–Kier alpha value is -2.36. The molecule has 3 nitrogen and oxygen atoms in total. The highest BCUT2D eigenvalue weighted by Crippen LogP contribution is 2.35. The van der Waals surface area contributed by atoms with Gasteiger partial charge in [0.2, 0.25) is 0 Å². The minimum Gasteiger partial charge on any atom is -0.478 e. The van der Waals surface area contributed by atoms with Gasteiger partial charge in [0.15, 0.2) is 0 Å². The summed E-state index contributed by atoms with van der Waals surface area (Å²) in [6.07, 6.45) is 1.84. The number of benzene rings is 2. The number of hydrogen-bond acceptors (Lipinski definition) is 2. The van der Waals surface area contributed by atoms with Crippen LogP contribution in [-0.4, -0.2) is 11.1 Å². The van der Waals surface area contributed by atoms with E-state index in [0.29, 0.717) is 0 Å². The molecule has 1 aliphatic carbocycles. The summed E-state index contributed by atoms with van der Waals surface area (Å²) >= 11 is 0. The van der Waals surface area contributed by atoms with Gasteiger partial charge in [-0.25, -0.2) is 9.18 Å². The lowest BCUT2D eigenvalue weighted by molar-refractivity contribution is 0.0697. The number of nitrogens with one attached hydrogen (secondary N) is 1. The average Bonchev–Trinajstić information content (AvgIpc) is 2.83. The van der Waals surface area contributed by atoms with Gasteiger partial charge >= 0.3 is 5.97 Å². The van der Waals surface area contributed by atoms with E-state index in [1.165, 1.54) is 34.9 Å². The lowest BCUT2D eigenvalue weighted by Crippen LogP contribution is -2.10. The van der Waals surface area contributed by atoms with Crippen LogP contribution in [0.3, 0.4) is 0 Å². The molecule has 0 spiro atoms. The quantitative estimate of drug-likeness (QED) is 0.898. The number of carbonyl (C=O) groups is 1. The van der Waals surface area contributed by atoms with Crippen LogP contribution < -0.4 is 5.32 Å². The Bertz CT molecular complexity index is 712. The maximum atomic E-state index is 13.9. The summed E-state index contributed by atoms with van der Waals surface area (Å²) in [7, 11) is 0. The van der Waals surface area contributed by atoms with Gasteiger partial charge in [-0.05, 0) is 49.1 Å². The first-order valence-corrected chi connectivity index (χ1v) is 6.93. The third-order valence-corrected chi connectivity index (χ3v) is 3.92. The number of halogens is 1. The molecular weight excluding hydrogens is 269 g/mol. The van der Waals surface area contributed by atoms with Crippen LogP contribution in [0.4, 0.5) is 10.1 Å². The van der Waals surface area contributed by atoms with E-state index < -0.39 is 11.8 Å². The van der Waals surface area contributed by atoms with E-state index in [1.807, 2.05) is 6.92 Å². The fourth-order valence-electron chi connectivity index (χ4n) is 2.83. The molecular formula is C17H16FNO2. The predicted molar refractivity (Wildman–Crippen MR) is 79.2 cm³/mol. The summed E-state index contributed by atoms with van der Waals surface area (Å²) in [6.45, 7) is 2.03. The molecule has 2 aromatic carbocycles. The van der Waals surface area contributed by atoms with Crippen molar-refractivity contribution in [2.24, 2.45) is 0 Å². The molecule has 1 atom stereocenters. The van der Waals surface area contributed by atoms with Gasteiger partial charge < -0.3 is 10.4 Å². The van der Waals surface area contributed by atoms with Crippen molar-refractivity contribution in [2.45, 2.75) is 25.8 Å². The summed E-state index contributed by atoms with van der Waals surface area (Å²) in [5.74, 6) is -1.48. The molecule has 3 rings (SSSR count). The normalized spacial score (nSPS) is 16.6. The molecule has 108 valence electrons. The summed E-state index contributed by atoms with van der Waals surface area (Å²) in [5, 5.41) is 12.2. The van der Waals surface area contributed by atoms with Crippen LogP contribution in [0.1, 0.15) is 39.5 Å². The first-order chi connectivity index (χ1) is 10.0. The Balaban J connectivity index is 1.91. The van der Waals surface area contributed by atoms with Crippen LogP contribution in [0.5, 0.6) is 0 Å². The number of anilines is 1. The Morgan fingerprint density at radius 3 is 2.86 bits per heavy atom. The Morgan fingerprint density at radius 1 is 1.29 bits per heavy atom. The molecule has 0 radical (unpaired) electrons. The van der Waals surface area contributed by atoms with Gasteiger partial charge in [-0.2, -0.15) is 0 Å². The van der Waals surface area contributed by atoms with E-state index in [9.17, 15) is 9.18 Å². The van der Waals surface area contributed by atoms with E-state index in [4.69, 9.17) is 5.11 Å². The minimum absolute atomic E-state index is 0.0263. The van der Waals surface area contributed by atoms with Crippen LogP contribution >= 0.6 is 0 Å². The van der Waals surface area contributed by atoms with Crippen LogP contribution in [0.15, 0.2) is 36.4 Å². The van der Waals surface area contributed by atoms with Crippen LogP contribution in [0.25, 0.3) is 0 Å². The fourth-order valence-corrected chi connectivity index (χ4v) is 2.83. The Labute approximate surface area is 122 Å². The summed E-state index contributed by atoms with van der Waals surface area (Å²) in [5.41, 5.74) is 3.95. The Kier molecular flexibility index (Phi) is 3.37. The van der Waals surface area contributed by atoms with Gasteiger partial charge in [0, 0.05) is 0 Å². The standard InChI is InChI=1S/C17H16FNO2/c1-10-2-3-11-5-7-15(13(11)8-10)19-16-9-12(17(20)21)4-6-14(16)18/h2-4,6,8-9,15,19H,5,7H2,1H3,(H,20,21). The largest absolute Gasteiger partial charge is 0.478 e. The van der Waals surface area contributed by atoms with Crippen molar-refractivity contribution < 1.29 is 14.3 Å². The number of aryl methyl sites for hydroxylation is 2. The van der Waals surface area contributed by atoms with Crippen molar-refractivity contribution in [3.8, 4) is 0 Å². The van der Waals surface area contributed by atoms with E-state index in [-0.39, 0.29) is 17.3 Å². The van der Waals surface area contributed by atoms with Crippen LogP contribution in [-0.2, 0) is 6.42 Å². The lowest BCUT2D eigenvalue weighted by Gasteiger charge is -2.17. The second-order valence-electron chi connectivity index (χ2n) is 5.44. The summed E-state index contributed by atoms with van der Waals surface area (Å²) < 4.78 is 13.9. The number of aromatic carboxylic acids is 1. The molecule has 0 saturated carbocycles. The topological polar surface area (TPSA) is 49.3 Å². The zero-order valence-electron chi connectivity index (χ0n) is 11.7. The molecule has 0 amide bonds. The van der Waals surface area contributed by atoms with E-state index in [0.717, 1.165) is 12.8 Å². The smallest absolute Gasteiger partial charge is 0.335 e. The SMILES string of the molecule is Cc1ccc2c(c1)C(Nc1cc(C(=O)O)ccc1F)CC2. The van der Waals surface area contributed by atoms with Gasteiger partial charge in [0.05, 0.1) is 17.3 Å². The zero-order valence-corrected chi connectivity index (χ0v) is 11.7. The molecule has 1 aliphatic rings. The van der Waals surface area contributed by atoms with Crippen molar-refractivity contribution in [1.29, 1.82) is 0 Å². The van der Waals surface area contributed by atoms with Crippen molar-refractivity contribution >= 4 is 11.7 Å². The highest BCUT2D eigenvalue weighted by molar-refractivity contribution is 5.88. The number of rotatable bonds is 3. The van der Waals surface area contributed by atoms with E-state index in [2.05, 4.69) is 23.5 Å². The second kappa shape index (κ2) is 5.20. The number of carboxylic acids is 1. The molecule has 0 aliphatic heterocycles. The third kappa shape index (κ3) is 2.61. The molecule has 0 saturated heterocycles. The number of hydrogen-bond donors (Lipinski definition) is 2. The van der Waals surface area contributed by atoms with Gasteiger partial charge in [-0.15, -0.1) is 0 Å². The molecule has 2 N–H and O–H groups in total. The first-order valence-electron chi connectivity index (χ1n) is 6.93. The number of fused-ring (bicyclic) bond motifs is 1. The summed E-state index contributed by atoms with van der Waals surface area (Å²) in [4.78, 5) is 11.0. The van der Waals surface area contributed by atoms with E-state index in [1.54, 1.807) is 0 Å². The molecule has 1 unspecified atom stereocenters. The highest BCUT2D eigenvalue weighted by atomic mass is 19.1. The van der Waals surface area contributed by atoms with Crippen molar-refractivity contribution in [1.82, 2.24) is 0 Å². The van der Waals surface area contributed by atoms with Crippen molar-refractivity contribution in [2.75, 3.05) is 5.32 Å². The highest BCUT2D eigenvalue weighted by Gasteiger charge is 2.23. The van der Waals surface area contributed by atoms with Gasteiger partial charge in [-0.3, -0.25) is 0 Å². The molecule has 2 aromatic rings. The van der Waals surface area contributed by atoms with Gasteiger partial charge in [-0.1, -0.05) is 23.8 Å².